The van der Waals surface area contributed by atoms with Crippen LogP contribution in [0.4, 0.5) is 23.7 Å². The number of aromatic nitrogens is 2. The van der Waals surface area contributed by atoms with Crippen molar-refractivity contribution in [3.63, 3.8) is 0 Å². The highest BCUT2D eigenvalue weighted by molar-refractivity contribution is 5.90. The van der Waals surface area contributed by atoms with Crippen molar-refractivity contribution in [1.82, 2.24) is 14.5 Å². The summed E-state index contributed by atoms with van der Waals surface area (Å²) in [5.41, 5.74) is 1.06. The fourth-order valence-corrected chi connectivity index (χ4v) is 4.78. The van der Waals surface area contributed by atoms with Crippen LogP contribution in [0.3, 0.4) is 0 Å². The lowest BCUT2D eigenvalue weighted by Gasteiger charge is -2.31. The van der Waals surface area contributed by atoms with Gasteiger partial charge in [0.05, 0.1) is 33.9 Å². The van der Waals surface area contributed by atoms with Gasteiger partial charge in [-0.05, 0) is 61.4 Å². The third-order valence-corrected chi connectivity index (χ3v) is 6.83. The molecular formula is C32H27F3N4O2. The number of alkyl halides is 3. The summed E-state index contributed by atoms with van der Waals surface area (Å²) in [7, 11) is 0. The molecule has 1 unspecified atom stereocenters. The lowest BCUT2D eigenvalue weighted by molar-refractivity contribution is -0.136. The lowest BCUT2D eigenvalue weighted by Crippen LogP contribution is -2.39. The molecule has 0 saturated carbocycles. The number of hydrogen-bond acceptors (Lipinski definition) is 3. The fraction of sp³-hybridized carbons (Fsp3) is 0.156. The average molecular weight is 557 g/mol. The van der Waals surface area contributed by atoms with E-state index < -0.39 is 23.8 Å². The second-order valence-corrected chi connectivity index (χ2v) is 9.73. The van der Waals surface area contributed by atoms with Crippen molar-refractivity contribution < 1.29 is 18.0 Å². The predicted octanol–water partition coefficient (Wildman–Crippen LogP) is 7.51. The largest absolute Gasteiger partial charge is 0.418 e. The van der Waals surface area contributed by atoms with Crippen LogP contribution in [0.25, 0.3) is 16.6 Å². The van der Waals surface area contributed by atoms with Crippen LogP contribution in [0.15, 0.2) is 108 Å². The number of rotatable bonds is 6. The zero-order valence-corrected chi connectivity index (χ0v) is 22.4. The molecule has 0 aliphatic rings. The van der Waals surface area contributed by atoms with Gasteiger partial charge in [0.25, 0.3) is 5.56 Å². The highest BCUT2D eigenvalue weighted by Gasteiger charge is 2.35. The number of anilines is 1. The van der Waals surface area contributed by atoms with E-state index in [0.29, 0.717) is 16.6 Å². The first kappa shape index (κ1) is 27.6. The van der Waals surface area contributed by atoms with Gasteiger partial charge in [0, 0.05) is 6.54 Å². The molecule has 1 aromatic heterocycles. The number of halogens is 3. The van der Waals surface area contributed by atoms with Crippen molar-refractivity contribution in [3.05, 3.63) is 136 Å². The van der Waals surface area contributed by atoms with Gasteiger partial charge in [-0.2, -0.15) is 13.2 Å². The molecule has 2 amide bonds. The van der Waals surface area contributed by atoms with E-state index in [9.17, 15) is 22.8 Å². The lowest BCUT2D eigenvalue weighted by atomic mass is 10.1. The molecular weight excluding hydrogens is 529 g/mol. The summed E-state index contributed by atoms with van der Waals surface area (Å²) in [6.07, 6.45) is -4.66. The summed E-state index contributed by atoms with van der Waals surface area (Å²) in [5.74, 6) is 0.273. The Bertz CT molecular complexity index is 1770. The normalized spacial score (nSPS) is 12.2. The van der Waals surface area contributed by atoms with Crippen molar-refractivity contribution in [2.45, 2.75) is 32.6 Å². The number of hydrogen-bond donors (Lipinski definition) is 1. The van der Waals surface area contributed by atoms with Crippen LogP contribution in [0.5, 0.6) is 0 Å². The minimum atomic E-state index is -4.66. The van der Waals surface area contributed by atoms with Gasteiger partial charge in [-0.3, -0.25) is 9.36 Å². The molecule has 0 fully saturated rings. The number of aryl methyl sites for hydroxylation is 1. The number of para-hydroxylation sites is 2. The molecule has 0 bridgehead atoms. The molecule has 4 aromatic carbocycles. The monoisotopic (exact) mass is 556 g/mol. The zero-order chi connectivity index (χ0) is 29.1. The van der Waals surface area contributed by atoms with Gasteiger partial charge in [-0.25, -0.2) is 9.78 Å². The quantitative estimate of drug-likeness (QED) is 0.235. The molecule has 9 heteroatoms. The number of fused-ring (bicyclic) bond motifs is 1. The first-order valence-corrected chi connectivity index (χ1v) is 13.0. The third-order valence-electron chi connectivity index (χ3n) is 6.83. The number of nitrogens with zero attached hydrogens (tertiary/aromatic N) is 3. The topological polar surface area (TPSA) is 67.2 Å². The standard InChI is InChI=1S/C32H27F3N4O2/c1-21-11-10-14-24(19-21)39-29(36-27-17-8-6-15-25(27)30(39)40)22(2)38(20-23-12-4-3-5-13-23)31(41)37-28-18-9-7-16-26(28)32(33,34)35/h3-19,22H,20H2,1-2H3,(H,37,41). The molecule has 0 saturated heterocycles. The second kappa shape index (κ2) is 11.3. The van der Waals surface area contributed by atoms with Crippen molar-refractivity contribution in [1.29, 1.82) is 0 Å². The van der Waals surface area contributed by atoms with Crippen molar-refractivity contribution >= 4 is 22.6 Å². The van der Waals surface area contributed by atoms with Crippen LogP contribution < -0.4 is 10.9 Å². The summed E-state index contributed by atoms with van der Waals surface area (Å²) in [6, 6.07) is 26.6. The molecule has 0 aliphatic carbocycles. The van der Waals surface area contributed by atoms with E-state index in [0.717, 1.165) is 17.2 Å². The maximum absolute atomic E-state index is 13.8. The van der Waals surface area contributed by atoms with E-state index >= 15 is 0 Å². The number of benzene rings is 4. The minimum absolute atomic E-state index is 0.0541. The summed E-state index contributed by atoms with van der Waals surface area (Å²) in [5, 5.41) is 2.87. The Kier molecular flexibility index (Phi) is 7.61. The minimum Gasteiger partial charge on any atom is -0.310 e. The molecule has 0 spiro atoms. The fourth-order valence-electron chi connectivity index (χ4n) is 4.78. The van der Waals surface area contributed by atoms with E-state index in [2.05, 4.69) is 5.32 Å². The molecule has 0 aliphatic heterocycles. The smallest absolute Gasteiger partial charge is 0.310 e. The zero-order valence-electron chi connectivity index (χ0n) is 22.4. The number of nitrogens with one attached hydrogen (secondary N) is 1. The van der Waals surface area contributed by atoms with E-state index in [1.54, 1.807) is 37.3 Å². The Hall–Kier alpha value is -4.92. The molecule has 41 heavy (non-hydrogen) atoms. The Balaban J connectivity index is 1.65. The third kappa shape index (κ3) is 5.84. The summed E-state index contributed by atoms with van der Waals surface area (Å²) in [4.78, 5) is 33.8. The molecule has 1 atom stereocenters. The Morgan fingerprint density at radius 3 is 2.34 bits per heavy atom. The highest BCUT2D eigenvalue weighted by Crippen LogP contribution is 2.35. The van der Waals surface area contributed by atoms with Crippen molar-refractivity contribution in [3.8, 4) is 5.69 Å². The van der Waals surface area contributed by atoms with E-state index in [1.165, 1.54) is 27.7 Å². The maximum atomic E-state index is 13.8. The van der Waals surface area contributed by atoms with E-state index in [-0.39, 0.29) is 23.6 Å². The van der Waals surface area contributed by atoms with Crippen LogP contribution in [-0.4, -0.2) is 20.5 Å². The van der Waals surface area contributed by atoms with Gasteiger partial charge in [-0.15, -0.1) is 0 Å². The van der Waals surface area contributed by atoms with Crippen LogP contribution in [0, 0.1) is 6.92 Å². The number of carbonyl (C=O) groups excluding carboxylic acids is 1. The van der Waals surface area contributed by atoms with Crippen LogP contribution >= 0.6 is 0 Å². The Morgan fingerprint density at radius 1 is 0.927 bits per heavy atom. The first-order chi connectivity index (χ1) is 19.6. The molecule has 208 valence electrons. The van der Waals surface area contributed by atoms with E-state index in [1.807, 2.05) is 55.5 Å². The van der Waals surface area contributed by atoms with Crippen LogP contribution in [-0.2, 0) is 12.7 Å². The van der Waals surface area contributed by atoms with Gasteiger partial charge < -0.3 is 10.2 Å². The average Bonchev–Trinajstić information content (AvgIpc) is 2.95. The van der Waals surface area contributed by atoms with Crippen LogP contribution in [0.2, 0.25) is 0 Å². The summed E-state index contributed by atoms with van der Waals surface area (Å²) >= 11 is 0. The molecule has 1 heterocycles. The summed E-state index contributed by atoms with van der Waals surface area (Å²) < 4.78 is 42.6. The van der Waals surface area contributed by atoms with Gasteiger partial charge in [0.2, 0.25) is 0 Å². The summed E-state index contributed by atoms with van der Waals surface area (Å²) in [6.45, 7) is 3.67. The van der Waals surface area contributed by atoms with Gasteiger partial charge in [0.15, 0.2) is 0 Å². The van der Waals surface area contributed by atoms with Crippen LogP contribution in [0.1, 0.15) is 35.5 Å². The Morgan fingerprint density at radius 2 is 1.61 bits per heavy atom. The first-order valence-electron chi connectivity index (χ1n) is 13.0. The molecule has 1 N–H and O–H groups in total. The molecule has 5 aromatic rings. The second-order valence-electron chi connectivity index (χ2n) is 9.73. The van der Waals surface area contributed by atoms with Crippen molar-refractivity contribution in [2.24, 2.45) is 0 Å². The van der Waals surface area contributed by atoms with Gasteiger partial charge in [-0.1, -0.05) is 66.7 Å². The molecule has 0 radical (unpaired) electrons. The maximum Gasteiger partial charge on any atom is 0.418 e. The van der Waals surface area contributed by atoms with Crippen molar-refractivity contribution in [2.75, 3.05) is 5.32 Å². The number of carbonyl (C=O) groups is 1. The van der Waals surface area contributed by atoms with Gasteiger partial charge >= 0.3 is 12.2 Å². The van der Waals surface area contributed by atoms with Gasteiger partial charge in [0.1, 0.15) is 5.82 Å². The number of urea groups is 1. The number of amides is 2. The predicted molar refractivity (Wildman–Crippen MR) is 153 cm³/mol. The molecule has 5 rings (SSSR count). The highest BCUT2D eigenvalue weighted by atomic mass is 19.4. The Labute approximate surface area is 234 Å². The van der Waals surface area contributed by atoms with E-state index in [4.69, 9.17) is 4.98 Å². The molecule has 6 nitrogen and oxygen atoms in total. The SMILES string of the molecule is Cc1cccc(-n2c(C(C)N(Cc3ccccc3)C(=O)Nc3ccccc3C(F)(F)F)nc3ccccc3c2=O)c1.